The number of nitrogens with zero attached hydrogens (tertiary/aromatic N) is 3. The van der Waals surface area contributed by atoms with Gasteiger partial charge in [0, 0.05) is 17.5 Å². The van der Waals surface area contributed by atoms with Gasteiger partial charge in [-0.2, -0.15) is 5.10 Å². The van der Waals surface area contributed by atoms with Gasteiger partial charge in [-0.1, -0.05) is 24.3 Å². The molecule has 2 heterocycles. The van der Waals surface area contributed by atoms with E-state index in [1.54, 1.807) is 0 Å². The van der Waals surface area contributed by atoms with E-state index >= 15 is 0 Å². The molecule has 1 aliphatic heterocycles. The molecule has 26 heavy (non-hydrogen) atoms. The molecule has 130 valence electrons. The predicted octanol–water partition coefficient (Wildman–Crippen LogP) is 3.81. The van der Waals surface area contributed by atoms with Gasteiger partial charge in [0.15, 0.2) is 0 Å². The van der Waals surface area contributed by atoms with Crippen molar-refractivity contribution in [1.82, 2.24) is 14.8 Å². The number of hydrogen-bond donors (Lipinski definition) is 2. The molecule has 0 unspecified atom stereocenters. The molecule has 1 atom stereocenters. The number of hydrogen-bond acceptors (Lipinski definition) is 4. The van der Waals surface area contributed by atoms with Crippen molar-refractivity contribution in [2.75, 3.05) is 11.2 Å². The fourth-order valence-electron chi connectivity index (χ4n) is 3.95. The Labute approximate surface area is 152 Å². The highest BCUT2D eigenvalue weighted by Gasteiger charge is 2.28. The second kappa shape index (κ2) is 5.95. The first-order valence-corrected chi connectivity index (χ1v) is 8.99. The summed E-state index contributed by atoms with van der Waals surface area (Å²) in [4.78, 5) is 0. The standard InChI is InChI=1S/C21H21N5/c22-17-6-8-18(9-7-17)24-25-12-11-16-13-23-26(21(16)14-25)20-10-5-15-3-1-2-4-19(15)20/h1-4,6-9,11-13,20,24H,5,10,14,22H2/t20-/m0/s1. The Morgan fingerprint density at radius 3 is 2.81 bits per heavy atom. The second-order valence-electron chi connectivity index (χ2n) is 6.92. The van der Waals surface area contributed by atoms with Crippen molar-refractivity contribution in [2.45, 2.75) is 25.4 Å². The maximum Gasteiger partial charge on any atom is 0.0812 e. The van der Waals surface area contributed by atoms with E-state index in [1.165, 1.54) is 22.4 Å². The molecule has 3 N–H and O–H groups in total. The number of nitrogens with one attached hydrogen (secondary N) is 1. The summed E-state index contributed by atoms with van der Waals surface area (Å²) in [5, 5.41) is 6.82. The SMILES string of the molecule is Nc1ccc(NN2C=Cc3cnn([C@H]4CCc5ccccc54)c3C2)cc1. The van der Waals surface area contributed by atoms with Gasteiger partial charge in [0.05, 0.1) is 30.2 Å². The average molecular weight is 343 g/mol. The van der Waals surface area contributed by atoms with E-state index in [9.17, 15) is 0 Å². The van der Waals surface area contributed by atoms with Gasteiger partial charge in [0.25, 0.3) is 0 Å². The lowest BCUT2D eigenvalue weighted by Crippen LogP contribution is -2.28. The van der Waals surface area contributed by atoms with E-state index in [0.29, 0.717) is 6.04 Å². The minimum absolute atomic E-state index is 0.333. The van der Waals surface area contributed by atoms with Crippen molar-refractivity contribution in [2.24, 2.45) is 0 Å². The van der Waals surface area contributed by atoms with Crippen LogP contribution in [0.15, 0.2) is 60.9 Å². The first-order chi connectivity index (χ1) is 12.8. The third kappa shape index (κ3) is 2.52. The Bertz CT molecular complexity index is 970. The van der Waals surface area contributed by atoms with Gasteiger partial charge >= 0.3 is 0 Å². The molecule has 0 amide bonds. The molecule has 0 spiro atoms. The van der Waals surface area contributed by atoms with Crippen molar-refractivity contribution >= 4 is 17.5 Å². The largest absolute Gasteiger partial charge is 0.399 e. The zero-order valence-electron chi connectivity index (χ0n) is 14.5. The van der Waals surface area contributed by atoms with Gasteiger partial charge in [-0.25, -0.2) is 0 Å². The van der Waals surface area contributed by atoms with E-state index in [4.69, 9.17) is 10.8 Å². The van der Waals surface area contributed by atoms with Crippen molar-refractivity contribution in [3.8, 4) is 0 Å². The molecule has 0 fully saturated rings. The Morgan fingerprint density at radius 1 is 1.08 bits per heavy atom. The van der Waals surface area contributed by atoms with E-state index in [-0.39, 0.29) is 0 Å². The molecule has 2 aromatic carbocycles. The quantitative estimate of drug-likeness (QED) is 0.710. The molecule has 3 aromatic rings. The lowest BCUT2D eigenvalue weighted by Gasteiger charge is -2.27. The van der Waals surface area contributed by atoms with Gasteiger partial charge < -0.3 is 5.73 Å². The molecule has 5 rings (SSSR count). The van der Waals surface area contributed by atoms with Crippen LogP contribution in [0.25, 0.3) is 6.08 Å². The number of fused-ring (bicyclic) bond motifs is 2. The maximum absolute atomic E-state index is 5.77. The number of aryl methyl sites for hydroxylation is 1. The average Bonchev–Trinajstić information content (AvgIpc) is 3.27. The minimum Gasteiger partial charge on any atom is -0.399 e. The fourth-order valence-corrected chi connectivity index (χ4v) is 3.95. The summed E-state index contributed by atoms with van der Waals surface area (Å²) < 4.78 is 2.21. The van der Waals surface area contributed by atoms with Crippen LogP contribution in [0.5, 0.6) is 0 Å². The van der Waals surface area contributed by atoms with Gasteiger partial charge in [-0.15, -0.1) is 0 Å². The summed E-state index contributed by atoms with van der Waals surface area (Å²) in [5.41, 5.74) is 16.3. The van der Waals surface area contributed by atoms with Gasteiger partial charge in [0.2, 0.25) is 0 Å². The van der Waals surface area contributed by atoms with Crippen molar-refractivity contribution in [3.05, 3.63) is 83.3 Å². The molecule has 0 saturated carbocycles. The molecule has 1 aromatic heterocycles. The highest BCUT2D eigenvalue weighted by molar-refractivity contribution is 5.56. The smallest absolute Gasteiger partial charge is 0.0812 e. The number of hydrazine groups is 1. The molecular weight excluding hydrogens is 322 g/mol. The molecule has 1 aliphatic carbocycles. The number of nitrogens with two attached hydrogens (primary N) is 1. The monoisotopic (exact) mass is 343 g/mol. The van der Waals surface area contributed by atoms with Crippen LogP contribution in [-0.2, 0) is 13.0 Å². The topological polar surface area (TPSA) is 59.1 Å². The highest BCUT2D eigenvalue weighted by Crippen LogP contribution is 2.36. The molecule has 5 nitrogen and oxygen atoms in total. The summed E-state index contributed by atoms with van der Waals surface area (Å²) in [6.07, 6.45) is 8.40. The summed E-state index contributed by atoms with van der Waals surface area (Å²) >= 11 is 0. The van der Waals surface area contributed by atoms with Crippen LogP contribution in [-0.4, -0.2) is 14.8 Å². The first-order valence-electron chi connectivity index (χ1n) is 8.99. The second-order valence-corrected chi connectivity index (χ2v) is 6.92. The van der Waals surface area contributed by atoms with Crippen molar-refractivity contribution in [3.63, 3.8) is 0 Å². The molecule has 0 saturated heterocycles. The number of rotatable bonds is 3. The zero-order chi connectivity index (χ0) is 17.5. The fraction of sp³-hybridized carbons (Fsp3) is 0.190. The van der Waals surface area contributed by atoms with Gasteiger partial charge in [0.1, 0.15) is 0 Å². The minimum atomic E-state index is 0.333. The van der Waals surface area contributed by atoms with E-state index in [1.807, 2.05) is 30.5 Å². The summed E-state index contributed by atoms with van der Waals surface area (Å²) in [6.45, 7) is 0.773. The van der Waals surface area contributed by atoms with E-state index in [2.05, 4.69) is 51.7 Å². The van der Waals surface area contributed by atoms with Crippen LogP contribution in [0.3, 0.4) is 0 Å². The Hall–Kier alpha value is -3.21. The van der Waals surface area contributed by atoms with Gasteiger partial charge in [-0.05, 0) is 54.3 Å². The highest BCUT2D eigenvalue weighted by atomic mass is 15.5. The summed E-state index contributed by atoms with van der Waals surface area (Å²) in [7, 11) is 0. The third-order valence-electron chi connectivity index (χ3n) is 5.26. The first kappa shape index (κ1) is 15.1. The lowest BCUT2D eigenvalue weighted by atomic mass is 10.1. The van der Waals surface area contributed by atoms with Crippen LogP contribution in [0.1, 0.15) is 34.8 Å². The number of benzene rings is 2. The molecule has 5 heteroatoms. The molecule has 0 radical (unpaired) electrons. The maximum atomic E-state index is 5.77. The van der Waals surface area contributed by atoms with E-state index in [0.717, 1.165) is 30.8 Å². The van der Waals surface area contributed by atoms with Gasteiger partial charge in [-0.3, -0.25) is 15.1 Å². The van der Waals surface area contributed by atoms with Crippen LogP contribution in [0, 0.1) is 0 Å². The zero-order valence-corrected chi connectivity index (χ0v) is 14.5. The van der Waals surface area contributed by atoms with Crippen LogP contribution in [0.2, 0.25) is 0 Å². The number of anilines is 2. The van der Waals surface area contributed by atoms with E-state index < -0.39 is 0 Å². The number of aromatic nitrogens is 2. The Morgan fingerprint density at radius 2 is 1.92 bits per heavy atom. The Balaban J connectivity index is 1.41. The number of nitrogen functional groups attached to an aromatic ring is 1. The van der Waals surface area contributed by atoms with Crippen LogP contribution in [0.4, 0.5) is 11.4 Å². The Kier molecular flexibility index (Phi) is 3.45. The third-order valence-corrected chi connectivity index (χ3v) is 5.26. The van der Waals surface area contributed by atoms with Crippen molar-refractivity contribution in [1.29, 1.82) is 0 Å². The predicted molar refractivity (Wildman–Crippen MR) is 104 cm³/mol. The molecule has 2 aliphatic rings. The lowest BCUT2D eigenvalue weighted by molar-refractivity contribution is 0.399. The van der Waals surface area contributed by atoms with Crippen LogP contribution < -0.4 is 11.2 Å². The van der Waals surface area contributed by atoms with Crippen LogP contribution >= 0.6 is 0 Å². The normalized spacial score (nSPS) is 17.8. The van der Waals surface area contributed by atoms with Crippen molar-refractivity contribution < 1.29 is 0 Å². The molecular formula is C21H21N5. The summed E-state index contributed by atoms with van der Waals surface area (Å²) in [5.74, 6) is 0. The summed E-state index contributed by atoms with van der Waals surface area (Å²) in [6, 6.07) is 16.8. The molecule has 0 bridgehead atoms.